The van der Waals surface area contributed by atoms with Crippen molar-refractivity contribution in [1.29, 1.82) is 0 Å². The molecule has 4 nitrogen and oxygen atoms in total. The van der Waals surface area contributed by atoms with Crippen molar-refractivity contribution in [2.24, 2.45) is 5.73 Å². The van der Waals surface area contributed by atoms with Gasteiger partial charge in [0.25, 0.3) is 0 Å². The second-order valence-electron chi connectivity index (χ2n) is 4.01. The molecular weight excluding hydrogens is 210 g/mol. The average Bonchev–Trinajstić information content (AvgIpc) is 2.97. The minimum absolute atomic E-state index is 0.0617. The highest BCUT2D eigenvalue weighted by Gasteiger charge is 2.30. The number of nitrogens with two attached hydrogens (primary N) is 1. The molecule has 1 aliphatic carbocycles. The van der Waals surface area contributed by atoms with Crippen LogP contribution in [0.25, 0.3) is 0 Å². The molecule has 1 atom stereocenters. The van der Waals surface area contributed by atoms with Crippen LogP contribution >= 0.6 is 11.8 Å². The maximum Gasteiger partial charge on any atom is 0.229 e. The Morgan fingerprint density at radius 2 is 2.40 bits per heavy atom. The maximum absolute atomic E-state index is 5.98. The summed E-state index contributed by atoms with van der Waals surface area (Å²) >= 11 is 1.84. The minimum Gasteiger partial charge on any atom is -0.339 e. The van der Waals surface area contributed by atoms with Crippen LogP contribution in [0, 0.1) is 0 Å². The first-order chi connectivity index (χ1) is 7.31. The SMILES string of the molecule is CSCCCC(N)c1noc(C2CC2)n1. The maximum atomic E-state index is 5.98. The van der Waals surface area contributed by atoms with E-state index in [-0.39, 0.29) is 6.04 Å². The second kappa shape index (κ2) is 4.99. The largest absolute Gasteiger partial charge is 0.339 e. The standard InChI is InChI=1S/C10H17N3OS/c1-15-6-2-3-8(11)9-12-10(14-13-9)7-4-5-7/h7-8H,2-6,11H2,1H3. The van der Waals surface area contributed by atoms with E-state index in [0.717, 1.165) is 24.5 Å². The van der Waals surface area contributed by atoms with Crippen molar-refractivity contribution in [3.63, 3.8) is 0 Å². The summed E-state index contributed by atoms with van der Waals surface area (Å²) in [7, 11) is 0. The van der Waals surface area contributed by atoms with Gasteiger partial charge in [0.1, 0.15) is 0 Å². The lowest BCUT2D eigenvalue weighted by Crippen LogP contribution is -2.12. The Morgan fingerprint density at radius 1 is 1.60 bits per heavy atom. The first-order valence-electron chi connectivity index (χ1n) is 5.39. The van der Waals surface area contributed by atoms with E-state index < -0.39 is 0 Å². The van der Waals surface area contributed by atoms with Gasteiger partial charge in [-0.1, -0.05) is 5.16 Å². The third kappa shape index (κ3) is 2.95. The van der Waals surface area contributed by atoms with Crippen molar-refractivity contribution in [1.82, 2.24) is 10.1 Å². The van der Waals surface area contributed by atoms with Gasteiger partial charge in [-0.15, -0.1) is 0 Å². The fourth-order valence-electron chi connectivity index (χ4n) is 1.47. The van der Waals surface area contributed by atoms with E-state index in [0.29, 0.717) is 11.7 Å². The molecule has 0 amide bonds. The van der Waals surface area contributed by atoms with E-state index in [1.54, 1.807) is 0 Å². The predicted molar refractivity (Wildman–Crippen MR) is 60.8 cm³/mol. The Balaban J connectivity index is 1.84. The van der Waals surface area contributed by atoms with Crippen molar-refractivity contribution in [2.45, 2.75) is 37.6 Å². The minimum atomic E-state index is -0.0617. The number of nitrogens with zero attached hydrogens (tertiary/aromatic N) is 2. The smallest absolute Gasteiger partial charge is 0.229 e. The summed E-state index contributed by atoms with van der Waals surface area (Å²) in [6.07, 6.45) is 6.51. The fourth-order valence-corrected chi connectivity index (χ4v) is 1.93. The number of hydrogen-bond donors (Lipinski definition) is 1. The zero-order valence-corrected chi connectivity index (χ0v) is 9.80. The summed E-state index contributed by atoms with van der Waals surface area (Å²) < 4.78 is 5.17. The lowest BCUT2D eigenvalue weighted by Gasteiger charge is -2.04. The van der Waals surface area contributed by atoms with Gasteiger partial charge in [-0.3, -0.25) is 0 Å². The van der Waals surface area contributed by atoms with Crippen LogP contribution in [0.2, 0.25) is 0 Å². The Hall–Kier alpha value is -0.550. The molecule has 0 bridgehead atoms. The van der Waals surface area contributed by atoms with Crippen LogP contribution in [-0.4, -0.2) is 22.1 Å². The highest BCUT2D eigenvalue weighted by molar-refractivity contribution is 7.98. The van der Waals surface area contributed by atoms with Gasteiger partial charge >= 0.3 is 0 Å². The molecule has 0 aromatic carbocycles. The fraction of sp³-hybridized carbons (Fsp3) is 0.800. The molecule has 84 valence electrons. The predicted octanol–water partition coefficient (Wildman–Crippen LogP) is 2.09. The monoisotopic (exact) mass is 227 g/mol. The Morgan fingerprint density at radius 3 is 3.07 bits per heavy atom. The molecule has 0 aliphatic heterocycles. The first kappa shape index (κ1) is 11.0. The van der Waals surface area contributed by atoms with E-state index in [2.05, 4.69) is 16.4 Å². The van der Waals surface area contributed by atoms with Crippen molar-refractivity contribution < 1.29 is 4.52 Å². The highest BCUT2D eigenvalue weighted by Crippen LogP contribution is 2.39. The summed E-state index contributed by atoms with van der Waals surface area (Å²) in [5.74, 6) is 3.12. The van der Waals surface area contributed by atoms with Gasteiger partial charge in [0.15, 0.2) is 5.82 Å². The van der Waals surface area contributed by atoms with Gasteiger partial charge in [0.2, 0.25) is 5.89 Å². The zero-order chi connectivity index (χ0) is 10.7. The molecule has 0 saturated heterocycles. The summed E-state index contributed by atoms with van der Waals surface area (Å²) in [5, 5.41) is 3.94. The zero-order valence-electron chi connectivity index (χ0n) is 8.98. The molecular formula is C10H17N3OS. The number of thioether (sulfide) groups is 1. The molecule has 15 heavy (non-hydrogen) atoms. The van der Waals surface area contributed by atoms with Gasteiger partial charge in [0, 0.05) is 5.92 Å². The molecule has 1 aromatic heterocycles. The van der Waals surface area contributed by atoms with Crippen LogP contribution in [0.1, 0.15) is 49.4 Å². The number of aromatic nitrogens is 2. The average molecular weight is 227 g/mol. The lowest BCUT2D eigenvalue weighted by molar-refractivity contribution is 0.369. The van der Waals surface area contributed by atoms with Gasteiger partial charge in [-0.05, 0) is 37.7 Å². The highest BCUT2D eigenvalue weighted by atomic mass is 32.2. The van der Waals surface area contributed by atoms with Gasteiger partial charge in [-0.25, -0.2) is 0 Å². The molecule has 1 aromatic rings. The Bertz CT molecular complexity index is 311. The topological polar surface area (TPSA) is 64.9 Å². The molecule has 1 fully saturated rings. The van der Waals surface area contributed by atoms with Crippen LogP contribution < -0.4 is 5.73 Å². The van der Waals surface area contributed by atoms with Gasteiger partial charge in [0.05, 0.1) is 6.04 Å². The van der Waals surface area contributed by atoms with Crippen molar-refractivity contribution in [2.75, 3.05) is 12.0 Å². The lowest BCUT2D eigenvalue weighted by atomic mass is 10.2. The van der Waals surface area contributed by atoms with Crippen LogP contribution in [0.4, 0.5) is 0 Å². The normalized spacial score (nSPS) is 18.0. The van der Waals surface area contributed by atoms with E-state index in [1.807, 2.05) is 11.8 Å². The number of hydrogen-bond acceptors (Lipinski definition) is 5. The Kier molecular flexibility index (Phi) is 3.64. The first-order valence-corrected chi connectivity index (χ1v) is 6.78. The Labute approximate surface area is 94.0 Å². The molecule has 1 unspecified atom stereocenters. The third-order valence-electron chi connectivity index (χ3n) is 2.58. The van der Waals surface area contributed by atoms with Crippen LogP contribution in [0.3, 0.4) is 0 Å². The van der Waals surface area contributed by atoms with Gasteiger partial charge < -0.3 is 10.3 Å². The van der Waals surface area contributed by atoms with Crippen molar-refractivity contribution in [3.8, 4) is 0 Å². The molecule has 0 radical (unpaired) electrons. The molecule has 0 spiro atoms. The molecule has 1 saturated carbocycles. The quantitative estimate of drug-likeness (QED) is 0.754. The van der Waals surface area contributed by atoms with E-state index in [1.165, 1.54) is 12.8 Å². The van der Waals surface area contributed by atoms with E-state index in [9.17, 15) is 0 Å². The summed E-state index contributed by atoms with van der Waals surface area (Å²) in [6.45, 7) is 0. The molecule has 1 aliphatic rings. The summed E-state index contributed by atoms with van der Waals surface area (Å²) in [4.78, 5) is 4.34. The van der Waals surface area contributed by atoms with Crippen LogP contribution in [-0.2, 0) is 0 Å². The number of rotatable bonds is 6. The van der Waals surface area contributed by atoms with Crippen molar-refractivity contribution >= 4 is 11.8 Å². The van der Waals surface area contributed by atoms with E-state index >= 15 is 0 Å². The summed E-state index contributed by atoms with van der Waals surface area (Å²) in [5.41, 5.74) is 5.98. The van der Waals surface area contributed by atoms with Crippen LogP contribution in [0.5, 0.6) is 0 Å². The van der Waals surface area contributed by atoms with E-state index in [4.69, 9.17) is 10.3 Å². The summed E-state index contributed by atoms with van der Waals surface area (Å²) in [6, 6.07) is -0.0617. The third-order valence-corrected chi connectivity index (χ3v) is 3.28. The van der Waals surface area contributed by atoms with Gasteiger partial charge in [-0.2, -0.15) is 16.7 Å². The molecule has 5 heteroatoms. The molecule has 2 N–H and O–H groups in total. The van der Waals surface area contributed by atoms with Crippen molar-refractivity contribution in [3.05, 3.63) is 11.7 Å². The molecule has 1 heterocycles. The molecule has 2 rings (SSSR count). The van der Waals surface area contributed by atoms with Crippen LogP contribution in [0.15, 0.2) is 4.52 Å². The second-order valence-corrected chi connectivity index (χ2v) is 4.99.